The molecule has 0 aliphatic rings. The lowest BCUT2D eigenvalue weighted by atomic mass is 10.1. The predicted molar refractivity (Wildman–Crippen MR) is 113 cm³/mol. The molecule has 1 amide bonds. The first kappa shape index (κ1) is 20.9. The van der Waals surface area contributed by atoms with Crippen LogP contribution in [-0.4, -0.2) is 23.8 Å². The summed E-state index contributed by atoms with van der Waals surface area (Å²) in [6.45, 7) is 5.75. The number of hydrogen-bond donors (Lipinski definition) is 2. The molecule has 0 spiro atoms. The van der Waals surface area contributed by atoms with Gasteiger partial charge in [-0.1, -0.05) is 28.1 Å². The molecule has 0 aliphatic heterocycles. The van der Waals surface area contributed by atoms with E-state index in [1.165, 1.54) is 6.21 Å². The highest BCUT2D eigenvalue weighted by Crippen LogP contribution is 2.38. The molecule has 0 saturated heterocycles. The Bertz CT molecular complexity index is 883. The summed E-state index contributed by atoms with van der Waals surface area (Å²) in [4.78, 5) is 12.0. The highest BCUT2D eigenvalue weighted by Gasteiger charge is 2.12. The Labute approximate surface area is 177 Å². The molecular weight excluding hydrogens is 532 g/mol. The summed E-state index contributed by atoms with van der Waals surface area (Å²) in [6.07, 6.45) is 1.43. The number of aryl methyl sites for hydroxylation is 2. The monoisotopic (exact) mass is 546 g/mol. The van der Waals surface area contributed by atoms with Crippen molar-refractivity contribution in [1.29, 1.82) is 0 Å². The molecule has 0 heterocycles. The Hall–Kier alpha value is -1.38. The van der Waals surface area contributed by atoms with Gasteiger partial charge in [0.2, 0.25) is 0 Å². The molecule has 2 aromatic carbocycles. The van der Waals surface area contributed by atoms with Crippen molar-refractivity contribution >= 4 is 59.9 Å². The van der Waals surface area contributed by atoms with Gasteiger partial charge in [0.15, 0.2) is 6.61 Å². The minimum atomic E-state index is -0.380. The number of hydrazone groups is 1. The second-order valence-electron chi connectivity index (χ2n) is 5.65. The van der Waals surface area contributed by atoms with Crippen LogP contribution in [0.15, 0.2) is 36.7 Å². The largest absolute Gasteiger partial charge is 0.506 e. The molecule has 5 nitrogen and oxygen atoms in total. The summed E-state index contributed by atoms with van der Waals surface area (Å²) in [5.74, 6) is 0.386. The van der Waals surface area contributed by atoms with E-state index in [4.69, 9.17) is 4.74 Å². The molecule has 0 saturated carbocycles. The molecular formula is C18H17Br3N2O3. The van der Waals surface area contributed by atoms with Gasteiger partial charge in [0.25, 0.3) is 5.91 Å². The van der Waals surface area contributed by atoms with Gasteiger partial charge in [0.1, 0.15) is 11.5 Å². The number of nitrogens with one attached hydrogen (secondary N) is 1. The van der Waals surface area contributed by atoms with Crippen molar-refractivity contribution in [2.45, 2.75) is 20.8 Å². The molecule has 2 N–H and O–H groups in total. The number of aromatic hydroxyl groups is 1. The van der Waals surface area contributed by atoms with E-state index in [1.54, 1.807) is 6.07 Å². The summed E-state index contributed by atoms with van der Waals surface area (Å²) in [7, 11) is 0. The van der Waals surface area contributed by atoms with Crippen LogP contribution in [0.4, 0.5) is 0 Å². The maximum Gasteiger partial charge on any atom is 0.277 e. The van der Waals surface area contributed by atoms with Gasteiger partial charge in [-0.05, 0) is 75.4 Å². The fraction of sp³-hybridized carbons (Fsp3) is 0.222. The first-order valence-corrected chi connectivity index (χ1v) is 9.98. The summed E-state index contributed by atoms with van der Waals surface area (Å²) in [5, 5.41) is 13.8. The van der Waals surface area contributed by atoms with Crippen LogP contribution in [0.2, 0.25) is 0 Å². The average Bonchev–Trinajstić information content (AvgIpc) is 2.59. The topological polar surface area (TPSA) is 70.9 Å². The number of phenols is 1. The van der Waals surface area contributed by atoms with Crippen LogP contribution in [0.3, 0.4) is 0 Å². The van der Waals surface area contributed by atoms with Crippen molar-refractivity contribution in [1.82, 2.24) is 5.43 Å². The van der Waals surface area contributed by atoms with Crippen molar-refractivity contribution in [3.8, 4) is 11.5 Å². The van der Waals surface area contributed by atoms with E-state index >= 15 is 0 Å². The Kier molecular flexibility index (Phi) is 7.25. The van der Waals surface area contributed by atoms with Gasteiger partial charge in [-0.3, -0.25) is 4.79 Å². The van der Waals surface area contributed by atoms with E-state index in [1.807, 2.05) is 32.9 Å². The maximum absolute atomic E-state index is 12.0. The van der Waals surface area contributed by atoms with Gasteiger partial charge >= 0.3 is 0 Å². The Morgan fingerprint density at radius 2 is 1.85 bits per heavy atom. The number of carbonyl (C=O) groups is 1. The number of hydrogen-bond acceptors (Lipinski definition) is 4. The number of amides is 1. The SMILES string of the molecule is Cc1ccc(C)c(OCC(=O)N/N=C\c2c(Br)cc(Br)c(O)c2Br)c1C. The molecule has 0 fully saturated rings. The number of phenolic OH excluding ortho intramolecular Hbond substituents is 1. The second kappa shape index (κ2) is 9.01. The molecule has 138 valence electrons. The molecule has 0 aliphatic carbocycles. The van der Waals surface area contributed by atoms with Crippen LogP contribution < -0.4 is 10.2 Å². The van der Waals surface area contributed by atoms with Crippen LogP contribution in [0, 0.1) is 20.8 Å². The molecule has 8 heteroatoms. The van der Waals surface area contributed by atoms with Gasteiger partial charge in [0.05, 0.1) is 15.2 Å². The predicted octanol–water partition coefficient (Wildman–Crippen LogP) is 5.13. The van der Waals surface area contributed by atoms with Crippen LogP contribution in [0.5, 0.6) is 11.5 Å². The van der Waals surface area contributed by atoms with E-state index in [9.17, 15) is 9.90 Å². The standard InChI is InChI=1S/C18H17Br3N2O3/c1-9-4-5-10(2)18(11(9)3)26-8-15(24)23-22-7-12-13(19)6-14(20)17(25)16(12)21/h4-7,25H,8H2,1-3H3,(H,23,24)/b22-7-. The smallest absolute Gasteiger partial charge is 0.277 e. The summed E-state index contributed by atoms with van der Waals surface area (Å²) >= 11 is 9.92. The third-order valence-electron chi connectivity index (χ3n) is 3.79. The minimum absolute atomic E-state index is 0.0507. The number of nitrogens with zero attached hydrogens (tertiary/aromatic N) is 1. The third-order valence-corrected chi connectivity index (χ3v) is 5.85. The lowest BCUT2D eigenvalue weighted by molar-refractivity contribution is -0.123. The number of rotatable bonds is 5. The van der Waals surface area contributed by atoms with Crippen molar-refractivity contribution in [2.75, 3.05) is 6.61 Å². The quantitative estimate of drug-likeness (QED) is 0.402. The maximum atomic E-state index is 12.0. The third kappa shape index (κ3) is 4.86. The first-order valence-electron chi connectivity index (χ1n) is 7.60. The number of benzene rings is 2. The number of ether oxygens (including phenoxy) is 1. The van der Waals surface area contributed by atoms with Gasteiger partial charge in [0, 0.05) is 10.0 Å². The molecule has 0 unspecified atom stereocenters. The van der Waals surface area contributed by atoms with Crippen LogP contribution >= 0.6 is 47.8 Å². The zero-order valence-electron chi connectivity index (χ0n) is 14.4. The van der Waals surface area contributed by atoms with Gasteiger partial charge in [-0.2, -0.15) is 5.10 Å². The molecule has 0 atom stereocenters. The van der Waals surface area contributed by atoms with Crippen molar-refractivity contribution < 1.29 is 14.6 Å². The molecule has 2 rings (SSSR count). The molecule has 0 radical (unpaired) electrons. The Morgan fingerprint density at radius 3 is 2.54 bits per heavy atom. The Morgan fingerprint density at radius 1 is 1.19 bits per heavy atom. The zero-order chi connectivity index (χ0) is 19.4. The summed E-state index contributed by atoms with van der Waals surface area (Å²) < 4.78 is 7.34. The van der Waals surface area contributed by atoms with Gasteiger partial charge in [-0.15, -0.1) is 0 Å². The average molecular weight is 549 g/mol. The molecule has 0 aromatic heterocycles. The second-order valence-corrected chi connectivity index (χ2v) is 8.15. The van der Waals surface area contributed by atoms with E-state index in [2.05, 4.69) is 58.3 Å². The summed E-state index contributed by atoms with van der Waals surface area (Å²) in [6, 6.07) is 5.67. The van der Waals surface area contributed by atoms with Gasteiger partial charge < -0.3 is 9.84 Å². The molecule has 2 aromatic rings. The lowest BCUT2D eigenvalue weighted by Gasteiger charge is -2.13. The van der Waals surface area contributed by atoms with E-state index in [-0.39, 0.29) is 18.3 Å². The van der Waals surface area contributed by atoms with Crippen molar-refractivity contribution in [2.24, 2.45) is 5.10 Å². The van der Waals surface area contributed by atoms with E-state index in [0.717, 1.165) is 16.7 Å². The normalized spacial score (nSPS) is 11.0. The van der Waals surface area contributed by atoms with E-state index in [0.29, 0.717) is 24.7 Å². The molecule has 0 bridgehead atoms. The van der Waals surface area contributed by atoms with Crippen LogP contribution in [0.1, 0.15) is 22.3 Å². The number of halogens is 3. The highest BCUT2D eigenvalue weighted by atomic mass is 79.9. The Balaban J connectivity index is 2.01. The lowest BCUT2D eigenvalue weighted by Crippen LogP contribution is -2.25. The summed E-state index contributed by atoms with van der Waals surface area (Å²) in [5.41, 5.74) is 6.10. The highest BCUT2D eigenvalue weighted by molar-refractivity contribution is 9.11. The first-order chi connectivity index (χ1) is 12.2. The van der Waals surface area contributed by atoms with Crippen LogP contribution in [-0.2, 0) is 4.79 Å². The van der Waals surface area contributed by atoms with Crippen molar-refractivity contribution in [3.63, 3.8) is 0 Å². The fourth-order valence-corrected chi connectivity index (χ4v) is 4.52. The van der Waals surface area contributed by atoms with E-state index < -0.39 is 0 Å². The van der Waals surface area contributed by atoms with Gasteiger partial charge in [-0.25, -0.2) is 5.43 Å². The fourth-order valence-electron chi connectivity index (χ4n) is 2.20. The number of carbonyl (C=O) groups excluding carboxylic acids is 1. The van der Waals surface area contributed by atoms with Crippen LogP contribution in [0.25, 0.3) is 0 Å². The zero-order valence-corrected chi connectivity index (χ0v) is 19.1. The molecule has 26 heavy (non-hydrogen) atoms. The van der Waals surface area contributed by atoms with Crippen molar-refractivity contribution in [3.05, 3.63) is 53.9 Å². The minimum Gasteiger partial charge on any atom is -0.506 e.